The largest absolute Gasteiger partial charge is 0.211 e. The molecule has 1 atom stereocenters. The van der Waals surface area contributed by atoms with Crippen LogP contribution in [0.2, 0.25) is 0 Å². The summed E-state index contributed by atoms with van der Waals surface area (Å²) in [5.74, 6) is -0.123. The van der Waals surface area contributed by atoms with Crippen LogP contribution >= 0.6 is 0 Å². The molecule has 0 radical (unpaired) electrons. The van der Waals surface area contributed by atoms with Gasteiger partial charge in [-0.05, 0) is 13.0 Å². The first-order chi connectivity index (χ1) is 4.70. The maximum Gasteiger partial charge on any atom is 0.106 e. The summed E-state index contributed by atoms with van der Waals surface area (Å²) in [5.41, 5.74) is 1.10. The second-order valence-corrected chi connectivity index (χ2v) is 2.61. The van der Waals surface area contributed by atoms with E-state index in [1.54, 1.807) is 6.08 Å². The van der Waals surface area contributed by atoms with E-state index in [1.807, 2.05) is 26.0 Å². The maximum atomic E-state index is 12.8. The highest BCUT2D eigenvalue weighted by atomic mass is 19.1. The minimum atomic E-state index is -0.0619. The van der Waals surface area contributed by atoms with Crippen molar-refractivity contribution in [2.75, 3.05) is 0 Å². The minimum absolute atomic E-state index is 0.0614. The molecule has 0 heterocycles. The molecule has 0 spiro atoms. The van der Waals surface area contributed by atoms with Crippen LogP contribution in [0, 0.1) is 5.92 Å². The first kappa shape index (κ1) is 7.26. The Balaban J connectivity index is 2.88. The van der Waals surface area contributed by atoms with Crippen molar-refractivity contribution in [2.45, 2.75) is 13.8 Å². The van der Waals surface area contributed by atoms with Gasteiger partial charge in [0.25, 0.3) is 0 Å². The van der Waals surface area contributed by atoms with E-state index in [2.05, 4.69) is 0 Å². The smallest absolute Gasteiger partial charge is 0.106 e. The Hall–Kier alpha value is -0.850. The van der Waals surface area contributed by atoms with Gasteiger partial charge in [-0.1, -0.05) is 30.7 Å². The van der Waals surface area contributed by atoms with Crippen LogP contribution in [0.5, 0.6) is 0 Å². The zero-order chi connectivity index (χ0) is 7.56. The van der Waals surface area contributed by atoms with E-state index in [1.165, 1.54) is 6.08 Å². The highest BCUT2D eigenvalue weighted by molar-refractivity contribution is 5.28. The standard InChI is InChI=1S/C9H11F/c1-7-3-5-8(2)9(10)6-4-7/h3-6,8H,1-2H3. The van der Waals surface area contributed by atoms with Gasteiger partial charge < -0.3 is 0 Å². The van der Waals surface area contributed by atoms with E-state index in [0.717, 1.165) is 5.57 Å². The second-order valence-electron chi connectivity index (χ2n) is 2.61. The summed E-state index contributed by atoms with van der Waals surface area (Å²) < 4.78 is 12.8. The lowest BCUT2D eigenvalue weighted by Gasteiger charge is -1.97. The molecule has 0 amide bonds. The van der Waals surface area contributed by atoms with Crippen LogP contribution in [0.25, 0.3) is 0 Å². The average molecular weight is 138 g/mol. The fraction of sp³-hybridized carbons (Fsp3) is 0.333. The predicted octanol–water partition coefficient (Wildman–Crippen LogP) is 2.99. The lowest BCUT2D eigenvalue weighted by Crippen LogP contribution is -1.86. The van der Waals surface area contributed by atoms with Crippen LogP contribution in [0.1, 0.15) is 13.8 Å². The first-order valence-electron chi connectivity index (χ1n) is 3.42. The van der Waals surface area contributed by atoms with E-state index in [-0.39, 0.29) is 11.7 Å². The Labute approximate surface area is 60.7 Å². The molecule has 0 saturated heterocycles. The van der Waals surface area contributed by atoms with Gasteiger partial charge in [-0.25, -0.2) is 4.39 Å². The highest BCUT2D eigenvalue weighted by Crippen LogP contribution is 2.17. The quantitative estimate of drug-likeness (QED) is 0.482. The zero-order valence-electron chi connectivity index (χ0n) is 6.26. The summed E-state index contributed by atoms with van der Waals surface area (Å²) in [5, 5.41) is 0. The van der Waals surface area contributed by atoms with Crippen molar-refractivity contribution in [2.24, 2.45) is 5.92 Å². The van der Waals surface area contributed by atoms with E-state index in [0.29, 0.717) is 0 Å². The summed E-state index contributed by atoms with van der Waals surface area (Å²) in [4.78, 5) is 0. The molecule has 0 N–H and O–H groups in total. The number of rotatable bonds is 0. The number of hydrogen-bond acceptors (Lipinski definition) is 0. The monoisotopic (exact) mass is 138 g/mol. The molecule has 0 fully saturated rings. The third kappa shape index (κ3) is 1.56. The van der Waals surface area contributed by atoms with Crippen molar-refractivity contribution in [1.29, 1.82) is 0 Å². The fourth-order valence-electron chi connectivity index (χ4n) is 0.806. The third-order valence-corrected chi connectivity index (χ3v) is 1.59. The lowest BCUT2D eigenvalue weighted by atomic mass is 10.1. The van der Waals surface area contributed by atoms with Crippen molar-refractivity contribution >= 4 is 0 Å². The Bertz CT molecular complexity index is 209. The normalized spacial score (nSPS) is 25.3. The van der Waals surface area contributed by atoms with Gasteiger partial charge in [-0.2, -0.15) is 0 Å². The molecule has 0 aromatic heterocycles. The molecule has 0 saturated carbocycles. The van der Waals surface area contributed by atoms with Gasteiger partial charge in [0.2, 0.25) is 0 Å². The molecule has 1 aliphatic carbocycles. The van der Waals surface area contributed by atoms with Gasteiger partial charge in [0.1, 0.15) is 5.83 Å². The molecule has 0 aliphatic heterocycles. The summed E-state index contributed by atoms with van der Waals surface area (Å²) in [7, 11) is 0. The van der Waals surface area contributed by atoms with Gasteiger partial charge in [0, 0.05) is 5.92 Å². The molecule has 0 nitrogen and oxygen atoms in total. The van der Waals surface area contributed by atoms with Crippen LogP contribution in [-0.2, 0) is 0 Å². The SMILES string of the molecule is CC1=CC=C(F)C(C)C=C1. The number of halogens is 1. The lowest BCUT2D eigenvalue weighted by molar-refractivity contribution is 0.549. The molecule has 0 bridgehead atoms. The first-order valence-corrected chi connectivity index (χ1v) is 3.42. The molecular weight excluding hydrogens is 127 g/mol. The molecule has 1 aliphatic rings. The van der Waals surface area contributed by atoms with Gasteiger partial charge in [-0.15, -0.1) is 0 Å². The molecule has 0 aromatic carbocycles. The molecule has 1 rings (SSSR count). The van der Waals surface area contributed by atoms with E-state index in [9.17, 15) is 4.39 Å². The van der Waals surface area contributed by atoms with Gasteiger partial charge in [0.15, 0.2) is 0 Å². The molecule has 1 heteroatoms. The van der Waals surface area contributed by atoms with Crippen molar-refractivity contribution in [1.82, 2.24) is 0 Å². The van der Waals surface area contributed by atoms with Crippen molar-refractivity contribution in [3.63, 3.8) is 0 Å². The molecule has 1 unspecified atom stereocenters. The summed E-state index contributed by atoms with van der Waals surface area (Å²) in [6.45, 7) is 3.80. The van der Waals surface area contributed by atoms with Crippen molar-refractivity contribution in [3.05, 3.63) is 35.7 Å². The van der Waals surface area contributed by atoms with E-state index in [4.69, 9.17) is 0 Å². The summed E-state index contributed by atoms with van der Waals surface area (Å²) in [6.07, 6.45) is 7.12. The van der Waals surface area contributed by atoms with Crippen LogP contribution < -0.4 is 0 Å². The van der Waals surface area contributed by atoms with E-state index >= 15 is 0 Å². The van der Waals surface area contributed by atoms with Crippen molar-refractivity contribution < 1.29 is 4.39 Å². The third-order valence-electron chi connectivity index (χ3n) is 1.59. The van der Waals surface area contributed by atoms with Crippen LogP contribution in [0.15, 0.2) is 35.7 Å². The number of hydrogen-bond donors (Lipinski definition) is 0. The minimum Gasteiger partial charge on any atom is -0.211 e. The topological polar surface area (TPSA) is 0 Å². The predicted molar refractivity (Wildman–Crippen MR) is 41.3 cm³/mol. The Kier molecular flexibility index (Phi) is 2.05. The Morgan fingerprint density at radius 2 is 2.10 bits per heavy atom. The summed E-state index contributed by atoms with van der Waals surface area (Å²) >= 11 is 0. The average Bonchev–Trinajstić information content (AvgIpc) is 2.04. The Morgan fingerprint density at radius 1 is 1.40 bits per heavy atom. The Morgan fingerprint density at radius 3 is 2.80 bits per heavy atom. The van der Waals surface area contributed by atoms with E-state index < -0.39 is 0 Å². The van der Waals surface area contributed by atoms with Gasteiger partial charge in [-0.3, -0.25) is 0 Å². The van der Waals surface area contributed by atoms with Gasteiger partial charge in [0.05, 0.1) is 0 Å². The van der Waals surface area contributed by atoms with Crippen LogP contribution in [0.4, 0.5) is 4.39 Å². The van der Waals surface area contributed by atoms with Crippen LogP contribution in [-0.4, -0.2) is 0 Å². The molecule has 54 valence electrons. The van der Waals surface area contributed by atoms with Crippen molar-refractivity contribution in [3.8, 4) is 0 Å². The summed E-state index contributed by atoms with van der Waals surface area (Å²) in [6, 6.07) is 0. The second kappa shape index (κ2) is 2.82. The number of allylic oxidation sites excluding steroid dienone is 6. The van der Waals surface area contributed by atoms with Crippen LogP contribution in [0.3, 0.4) is 0 Å². The highest BCUT2D eigenvalue weighted by Gasteiger charge is 2.04. The van der Waals surface area contributed by atoms with Gasteiger partial charge >= 0.3 is 0 Å². The molecular formula is C9H11F. The maximum absolute atomic E-state index is 12.8. The fourth-order valence-corrected chi connectivity index (χ4v) is 0.806. The zero-order valence-corrected chi connectivity index (χ0v) is 6.26. The molecule has 10 heavy (non-hydrogen) atoms. The molecule has 0 aromatic rings.